The van der Waals surface area contributed by atoms with Gasteiger partial charge in [0.05, 0.1) is 23.6 Å². The maximum atomic E-state index is 6.42. The van der Waals surface area contributed by atoms with E-state index in [4.69, 9.17) is 19.0 Å². The molecule has 0 amide bonds. The van der Waals surface area contributed by atoms with Crippen LogP contribution >= 0.6 is 0 Å². The molecule has 0 atom stereocenters. The lowest BCUT2D eigenvalue weighted by Crippen LogP contribution is -2.41. The van der Waals surface area contributed by atoms with Gasteiger partial charge in [0.1, 0.15) is 0 Å². The van der Waals surface area contributed by atoms with Crippen molar-refractivity contribution >= 4 is 12.8 Å². The molecule has 2 heterocycles. The fraction of sp³-hybridized carbons (Fsp3) is 0.762. The van der Waals surface area contributed by atoms with Crippen molar-refractivity contribution in [3.63, 3.8) is 0 Å². The van der Waals surface area contributed by atoms with Crippen molar-refractivity contribution in [1.29, 1.82) is 0 Å². The summed E-state index contributed by atoms with van der Waals surface area (Å²) >= 11 is 0. The van der Waals surface area contributed by atoms with E-state index in [1.165, 1.54) is 12.8 Å². The Bertz CT molecular complexity index is 586. The first-order valence-electron chi connectivity index (χ1n) is 10.3. The molecule has 0 N–H and O–H groups in total. The standard InChI is InChI=1S/C21H34BNO3/c1-6-7-15-24-17-11-9-8-10-14-23-19(16-12-13-16)18(17)22-25-20(2,3)21(4,5)26-22/h10,14,16H,6-9,11-13,15H2,1-5H3/b14-10+,18-17-,23-19-. The summed E-state index contributed by atoms with van der Waals surface area (Å²) in [6.07, 6.45) is 11.7. The molecule has 144 valence electrons. The lowest BCUT2D eigenvalue weighted by atomic mass is 9.72. The second kappa shape index (κ2) is 7.89. The summed E-state index contributed by atoms with van der Waals surface area (Å²) in [6, 6.07) is 0. The zero-order valence-electron chi connectivity index (χ0n) is 17.1. The average Bonchev–Trinajstić information content (AvgIpc) is 3.35. The molecule has 3 rings (SSSR count). The number of aliphatic imine (C=N–C) groups is 1. The normalized spacial score (nSPS) is 31.6. The summed E-state index contributed by atoms with van der Waals surface area (Å²) < 4.78 is 19.1. The first-order chi connectivity index (χ1) is 12.4. The number of unbranched alkanes of at least 4 members (excludes halogenated alkanes) is 1. The van der Waals surface area contributed by atoms with Crippen molar-refractivity contribution in [2.75, 3.05) is 6.61 Å². The molecule has 26 heavy (non-hydrogen) atoms. The number of ether oxygens (including phenoxy) is 1. The Hall–Kier alpha value is -1.07. The number of nitrogens with zero attached hydrogens (tertiary/aromatic N) is 1. The van der Waals surface area contributed by atoms with Gasteiger partial charge in [-0.2, -0.15) is 0 Å². The summed E-state index contributed by atoms with van der Waals surface area (Å²) in [6.45, 7) is 11.4. The Kier molecular flexibility index (Phi) is 5.98. The first kappa shape index (κ1) is 19.7. The van der Waals surface area contributed by atoms with E-state index in [-0.39, 0.29) is 11.2 Å². The lowest BCUT2D eigenvalue weighted by Gasteiger charge is -2.32. The minimum atomic E-state index is -0.400. The minimum absolute atomic E-state index is 0.359. The molecule has 2 aliphatic heterocycles. The summed E-state index contributed by atoms with van der Waals surface area (Å²) in [5.41, 5.74) is 1.46. The van der Waals surface area contributed by atoms with Gasteiger partial charge in [-0.15, -0.1) is 0 Å². The second-order valence-electron chi connectivity index (χ2n) is 8.69. The molecule has 0 aromatic rings. The van der Waals surface area contributed by atoms with Gasteiger partial charge in [-0.05, 0) is 59.8 Å². The van der Waals surface area contributed by atoms with E-state index >= 15 is 0 Å². The Labute approximate surface area is 159 Å². The van der Waals surface area contributed by atoms with Gasteiger partial charge in [0, 0.05) is 29.7 Å². The minimum Gasteiger partial charge on any atom is -0.498 e. The maximum Gasteiger partial charge on any atom is 0.500 e. The van der Waals surface area contributed by atoms with Crippen LogP contribution in [0.1, 0.15) is 79.6 Å². The van der Waals surface area contributed by atoms with Crippen LogP contribution in [-0.2, 0) is 14.0 Å². The summed E-state index contributed by atoms with van der Waals surface area (Å²) in [5, 5.41) is 0. The highest BCUT2D eigenvalue weighted by atomic mass is 16.7. The predicted molar refractivity (Wildman–Crippen MR) is 107 cm³/mol. The zero-order valence-corrected chi connectivity index (χ0v) is 17.1. The molecule has 2 fully saturated rings. The molecule has 0 radical (unpaired) electrons. The summed E-state index contributed by atoms with van der Waals surface area (Å²) in [4.78, 5) is 4.84. The van der Waals surface area contributed by atoms with Crippen LogP contribution in [0.5, 0.6) is 0 Å². The topological polar surface area (TPSA) is 40.0 Å². The number of rotatable bonds is 6. The fourth-order valence-electron chi connectivity index (χ4n) is 3.32. The van der Waals surface area contributed by atoms with Crippen LogP contribution in [0.25, 0.3) is 0 Å². The van der Waals surface area contributed by atoms with Gasteiger partial charge >= 0.3 is 7.12 Å². The average molecular weight is 359 g/mol. The number of hydrogen-bond acceptors (Lipinski definition) is 4. The van der Waals surface area contributed by atoms with Crippen molar-refractivity contribution < 1.29 is 14.0 Å². The third kappa shape index (κ3) is 4.25. The van der Waals surface area contributed by atoms with Crippen LogP contribution in [0.2, 0.25) is 0 Å². The zero-order chi connectivity index (χ0) is 18.8. The van der Waals surface area contributed by atoms with Crippen LogP contribution in [0.15, 0.2) is 28.5 Å². The molecule has 1 aliphatic carbocycles. The highest BCUT2D eigenvalue weighted by Gasteiger charge is 2.55. The van der Waals surface area contributed by atoms with E-state index in [2.05, 4.69) is 40.7 Å². The Morgan fingerprint density at radius 2 is 1.88 bits per heavy atom. The Morgan fingerprint density at radius 3 is 2.50 bits per heavy atom. The van der Waals surface area contributed by atoms with E-state index in [1.54, 1.807) is 0 Å². The Balaban J connectivity index is 1.99. The van der Waals surface area contributed by atoms with Crippen molar-refractivity contribution in [3.05, 3.63) is 23.5 Å². The maximum absolute atomic E-state index is 6.42. The van der Waals surface area contributed by atoms with E-state index in [1.807, 2.05) is 6.20 Å². The van der Waals surface area contributed by atoms with E-state index in [0.29, 0.717) is 5.92 Å². The Morgan fingerprint density at radius 1 is 1.19 bits per heavy atom. The number of allylic oxidation sites excluding steroid dienone is 3. The molecule has 5 heteroatoms. The van der Waals surface area contributed by atoms with E-state index < -0.39 is 7.12 Å². The smallest absolute Gasteiger partial charge is 0.498 e. The summed E-state index contributed by atoms with van der Waals surface area (Å²) in [5.74, 6) is 1.54. The van der Waals surface area contributed by atoms with Crippen LogP contribution in [0, 0.1) is 5.92 Å². The molecular weight excluding hydrogens is 325 g/mol. The van der Waals surface area contributed by atoms with Crippen molar-refractivity contribution in [1.82, 2.24) is 0 Å². The summed E-state index contributed by atoms with van der Waals surface area (Å²) in [7, 11) is -0.400. The first-order valence-corrected chi connectivity index (χ1v) is 10.3. The SMILES string of the molecule is CCCCO/C1=C(B2OC(C)(C)C(C)(C)O2)/C(C2CC2)=N\C=C\CCC1. The molecule has 1 saturated carbocycles. The van der Waals surface area contributed by atoms with Gasteiger partial charge in [0.2, 0.25) is 0 Å². The molecule has 1 saturated heterocycles. The molecule has 0 unspecified atom stereocenters. The third-order valence-corrected chi connectivity index (χ3v) is 5.90. The van der Waals surface area contributed by atoms with Crippen LogP contribution in [0.3, 0.4) is 0 Å². The van der Waals surface area contributed by atoms with Crippen LogP contribution in [0.4, 0.5) is 0 Å². The van der Waals surface area contributed by atoms with E-state index in [9.17, 15) is 0 Å². The van der Waals surface area contributed by atoms with E-state index in [0.717, 1.165) is 55.7 Å². The van der Waals surface area contributed by atoms with Gasteiger partial charge in [0.15, 0.2) is 0 Å². The van der Waals surface area contributed by atoms with Crippen molar-refractivity contribution in [3.8, 4) is 0 Å². The molecule has 4 nitrogen and oxygen atoms in total. The van der Waals surface area contributed by atoms with Crippen LogP contribution < -0.4 is 0 Å². The monoisotopic (exact) mass is 359 g/mol. The van der Waals surface area contributed by atoms with Crippen molar-refractivity contribution in [2.24, 2.45) is 10.9 Å². The highest BCUT2D eigenvalue weighted by molar-refractivity contribution is 6.63. The molecule has 0 aromatic heterocycles. The highest BCUT2D eigenvalue weighted by Crippen LogP contribution is 2.43. The van der Waals surface area contributed by atoms with Crippen molar-refractivity contribution in [2.45, 2.75) is 90.8 Å². The van der Waals surface area contributed by atoms with Gasteiger partial charge in [0.25, 0.3) is 0 Å². The molecule has 0 spiro atoms. The molecule has 3 aliphatic rings. The fourth-order valence-corrected chi connectivity index (χ4v) is 3.32. The van der Waals surface area contributed by atoms with Gasteiger partial charge < -0.3 is 14.0 Å². The third-order valence-electron chi connectivity index (χ3n) is 5.90. The quantitative estimate of drug-likeness (QED) is 0.481. The lowest BCUT2D eigenvalue weighted by molar-refractivity contribution is 0.00578. The second-order valence-corrected chi connectivity index (χ2v) is 8.69. The predicted octanol–water partition coefficient (Wildman–Crippen LogP) is 5.24. The van der Waals surface area contributed by atoms with Gasteiger partial charge in [-0.3, -0.25) is 4.99 Å². The molecule has 0 aromatic carbocycles. The molecular formula is C21H34BNO3. The number of hydrogen-bond donors (Lipinski definition) is 0. The largest absolute Gasteiger partial charge is 0.500 e. The van der Waals surface area contributed by atoms with Gasteiger partial charge in [-0.25, -0.2) is 0 Å². The van der Waals surface area contributed by atoms with Gasteiger partial charge in [-0.1, -0.05) is 19.4 Å². The van der Waals surface area contributed by atoms with Crippen LogP contribution in [-0.4, -0.2) is 30.6 Å². The molecule has 0 bridgehead atoms.